The Morgan fingerprint density at radius 1 is 0.957 bits per heavy atom. The first-order valence-electron chi connectivity index (χ1n) is 8.93. The first-order chi connectivity index (χ1) is 11.3. The summed E-state index contributed by atoms with van der Waals surface area (Å²) in [4.78, 5) is 2.54. The Morgan fingerprint density at radius 3 is 2.35 bits per heavy atom. The van der Waals surface area contributed by atoms with Crippen molar-refractivity contribution in [3.05, 3.63) is 65.7 Å². The van der Waals surface area contributed by atoms with E-state index in [-0.39, 0.29) is 0 Å². The summed E-state index contributed by atoms with van der Waals surface area (Å²) in [5, 5.41) is 0. The molecule has 1 nitrogen and oxygen atoms in total. The molecule has 0 atom stereocenters. The molecule has 3 rings (SSSR count). The summed E-state index contributed by atoms with van der Waals surface area (Å²) in [5.41, 5.74) is 6.74. The predicted molar refractivity (Wildman–Crippen MR) is 100 cm³/mol. The van der Waals surface area contributed by atoms with E-state index in [2.05, 4.69) is 73.4 Å². The lowest BCUT2D eigenvalue weighted by molar-refractivity contribution is 0.325. The lowest BCUT2D eigenvalue weighted by atomic mass is 9.99. The van der Waals surface area contributed by atoms with Gasteiger partial charge in [0.1, 0.15) is 0 Å². The van der Waals surface area contributed by atoms with Gasteiger partial charge >= 0.3 is 0 Å². The molecule has 23 heavy (non-hydrogen) atoms. The molecular formula is C22H27N. The first-order valence-corrected chi connectivity index (χ1v) is 8.93. The highest BCUT2D eigenvalue weighted by molar-refractivity contribution is 5.70. The minimum absolute atomic E-state index is 1.09. The van der Waals surface area contributed by atoms with Crippen LogP contribution in [0, 0.1) is 0 Å². The molecule has 0 aliphatic carbocycles. The molecule has 2 aromatic carbocycles. The Bertz CT molecular complexity index is 661. The molecule has 0 bridgehead atoms. The van der Waals surface area contributed by atoms with Crippen molar-refractivity contribution >= 4 is 5.70 Å². The van der Waals surface area contributed by atoms with E-state index < -0.39 is 0 Å². The molecule has 0 radical (unpaired) electrons. The number of allylic oxidation sites excluding steroid dienone is 1. The Labute approximate surface area is 140 Å². The van der Waals surface area contributed by atoms with E-state index in [1.165, 1.54) is 60.3 Å². The third-order valence-electron chi connectivity index (χ3n) is 4.82. The highest BCUT2D eigenvalue weighted by Crippen LogP contribution is 2.27. The number of aryl methyl sites for hydroxylation is 1. The van der Waals surface area contributed by atoms with Crippen LogP contribution in [0.2, 0.25) is 0 Å². The highest BCUT2D eigenvalue weighted by atomic mass is 15.1. The summed E-state index contributed by atoms with van der Waals surface area (Å²) in [6.45, 7) is 6.75. The molecule has 0 aromatic heterocycles. The van der Waals surface area contributed by atoms with Crippen molar-refractivity contribution in [2.75, 3.05) is 13.1 Å². The van der Waals surface area contributed by atoms with Crippen LogP contribution < -0.4 is 0 Å². The number of likely N-dealkylation sites (tertiary alicyclic amines) is 1. The van der Waals surface area contributed by atoms with Crippen LogP contribution in [0.1, 0.15) is 44.2 Å². The average Bonchev–Trinajstić information content (AvgIpc) is 2.64. The van der Waals surface area contributed by atoms with Gasteiger partial charge in [0.15, 0.2) is 0 Å². The molecule has 0 saturated carbocycles. The van der Waals surface area contributed by atoms with Gasteiger partial charge in [0, 0.05) is 18.8 Å². The molecule has 0 amide bonds. The second kappa shape index (κ2) is 7.50. The van der Waals surface area contributed by atoms with Crippen LogP contribution >= 0.6 is 0 Å². The summed E-state index contributed by atoms with van der Waals surface area (Å²) in [6.07, 6.45) is 7.36. The summed E-state index contributed by atoms with van der Waals surface area (Å²) < 4.78 is 0. The largest absolute Gasteiger partial charge is 0.371 e. The van der Waals surface area contributed by atoms with Gasteiger partial charge in [0.05, 0.1) is 0 Å². The van der Waals surface area contributed by atoms with Gasteiger partial charge in [-0.25, -0.2) is 0 Å². The second-order valence-corrected chi connectivity index (χ2v) is 6.35. The summed E-state index contributed by atoms with van der Waals surface area (Å²) in [6, 6.07) is 17.9. The van der Waals surface area contributed by atoms with E-state index in [9.17, 15) is 0 Å². The van der Waals surface area contributed by atoms with Crippen LogP contribution in [-0.2, 0) is 6.42 Å². The SMILES string of the molecule is C/C=C(\c1ccc(-c2cccc(CC)c2)cc1)N1CCCCC1. The van der Waals surface area contributed by atoms with Gasteiger partial charge in [-0.2, -0.15) is 0 Å². The number of hydrogen-bond donors (Lipinski definition) is 0. The van der Waals surface area contributed by atoms with E-state index in [1.807, 2.05) is 0 Å². The van der Waals surface area contributed by atoms with Crippen LogP contribution in [0.15, 0.2) is 54.6 Å². The normalized spacial score (nSPS) is 15.7. The molecule has 1 heterocycles. The van der Waals surface area contributed by atoms with Gasteiger partial charge < -0.3 is 4.90 Å². The fraction of sp³-hybridized carbons (Fsp3) is 0.364. The summed E-state index contributed by atoms with van der Waals surface area (Å²) in [5.74, 6) is 0. The first kappa shape index (κ1) is 15.9. The van der Waals surface area contributed by atoms with E-state index in [1.54, 1.807) is 0 Å². The number of nitrogens with zero attached hydrogens (tertiary/aromatic N) is 1. The Morgan fingerprint density at radius 2 is 1.70 bits per heavy atom. The number of rotatable bonds is 4. The molecule has 2 aromatic rings. The van der Waals surface area contributed by atoms with Gasteiger partial charge in [-0.15, -0.1) is 0 Å². The molecule has 1 saturated heterocycles. The fourth-order valence-corrected chi connectivity index (χ4v) is 3.47. The molecule has 0 unspecified atom stereocenters. The predicted octanol–water partition coefficient (Wildman–Crippen LogP) is 5.76. The zero-order valence-electron chi connectivity index (χ0n) is 14.4. The van der Waals surface area contributed by atoms with Crippen LogP contribution in [0.25, 0.3) is 16.8 Å². The van der Waals surface area contributed by atoms with Crippen LogP contribution in [0.5, 0.6) is 0 Å². The Balaban J connectivity index is 1.83. The standard InChI is InChI=1S/C22H27N/c1-3-18-9-8-10-21(17-18)19-11-13-20(14-12-19)22(4-2)23-15-6-5-7-16-23/h4,8-14,17H,3,5-7,15-16H2,1-2H3/b22-4+. The highest BCUT2D eigenvalue weighted by Gasteiger charge is 2.14. The minimum atomic E-state index is 1.09. The lowest BCUT2D eigenvalue weighted by Crippen LogP contribution is -2.28. The van der Waals surface area contributed by atoms with Crippen LogP contribution in [0.4, 0.5) is 0 Å². The monoisotopic (exact) mass is 305 g/mol. The molecule has 120 valence electrons. The van der Waals surface area contributed by atoms with Crippen molar-refractivity contribution in [3.8, 4) is 11.1 Å². The van der Waals surface area contributed by atoms with Crippen molar-refractivity contribution in [3.63, 3.8) is 0 Å². The Hall–Kier alpha value is -2.02. The zero-order valence-corrected chi connectivity index (χ0v) is 14.4. The molecule has 1 fully saturated rings. The quantitative estimate of drug-likeness (QED) is 0.694. The molecule has 1 heteroatoms. The van der Waals surface area contributed by atoms with Gasteiger partial charge in [-0.1, -0.05) is 61.5 Å². The number of hydrogen-bond acceptors (Lipinski definition) is 1. The third-order valence-corrected chi connectivity index (χ3v) is 4.82. The maximum Gasteiger partial charge on any atom is 0.0396 e. The van der Waals surface area contributed by atoms with Crippen molar-refractivity contribution in [2.24, 2.45) is 0 Å². The third kappa shape index (κ3) is 3.67. The zero-order chi connectivity index (χ0) is 16.1. The van der Waals surface area contributed by atoms with E-state index >= 15 is 0 Å². The van der Waals surface area contributed by atoms with E-state index in [0.29, 0.717) is 0 Å². The van der Waals surface area contributed by atoms with E-state index in [0.717, 1.165) is 6.42 Å². The van der Waals surface area contributed by atoms with Crippen molar-refractivity contribution in [1.82, 2.24) is 4.90 Å². The lowest BCUT2D eigenvalue weighted by Gasteiger charge is -2.31. The van der Waals surface area contributed by atoms with Crippen molar-refractivity contribution in [2.45, 2.75) is 39.5 Å². The Kier molecular flexibility index (Phi) is 5.17. The number of piperidine rings is 1. The van der Waals surface area contributed by atoms with Gasteiger partial charge in [-0.05, 0) is 54.9 Å². The molecule has 1 aliphatic rings. The van der Waals surface area contributed by atoms with E-state index in [4.69, 9.17) is 0 Å². The topological polar surface area (TPSA) is 3.24 Å². The van der Waals surface area contributed by atoms with Crippen LogP contribution in [0.3, 0.4) is 0 Å². The number of benzene rings is 2. The minimum Gasteiger partial charge on any atom is -0.371 e. The molecule has 0 N–H and O–H groups in total. The second-order valence-electron chi connectivity index (χ2n) is 6.35. The molecular weight excluding hydrogens is 278 g/mol. The molecule has 0 spiro atoms. The summed E-state index contributed by atoms with van der Waals surface area (Å²) >= 11 is 0. The van der Waals surface area contributed by atoms with Crippen molar-refractivity contribution in [1.29, 1.82) is 0 Å². The smallest absolute Gasteiger partial charge is 0.0396 e. The maximum atomic E-state index is 2.54. The summed E-state index contributed by atoms with van der Waals surface area (Å²) in [7, 11) is 0. The van der Waals surface area contributed by atoms with Gasteiger partial charge in [0.2, 0.25) is 0 Å². The van der Waals surface area contributed by atoms with Gasteiger partial charge in [0.25, 0.3) is 0 Å². The van der Waals surface area contributed by atoms with Crippen LogP contribution in [-0.4, -0.2) is 18.0 Å². The van der Waals surface area contributed by atoms with Gasteiger partial charge in [-0.3, -0.25) is 0 Å². The van der Waals surface area contributed by atoms with Crippen molar-refractivity contribution < 1.29 is 0 Å². The maximum absolute atomic E-state index is 2.54. The fourth-order valence-electron chi connectivity index (χ4n) is 3.47. The average molecular weight is 305 g/mol. The molecule has 1 aliphatic heterocycles.